The van der Waals surface area contributed by atoms with E-state index in [9.17, 15) is 4.79 Å². The lowest BCUT2D eigenvalue weighted by Gasteiger charge is -2.43. The summed E-state index contributed by atoms with van der Waals surface area (Å²) < 4.78 is 11.1. The number of H-pyrrole nitrogens is 1. The predicted octanol–water partition coefficient (Wildman–Crippen LogP) is 2.47. The van der Waals surface area contributed by atoms with Crippen LogP contribution in [0, 0.1) is 0 Å². The van der Waals surface area contributed by atoms with E-state index in [0.717, 1.165) is 61.9 Å². The summed E-state index contributed by atoms with van der Waals surface area (Å²) in [4.78, 5) is 24.2. The number of nitrogens with one attached hydrogen (secondary N) is 1. The Balaban J connectivity index is 1.51. The number of piperidine rings is 1. The number of nitrogens with zero attached hydrogens (tertiary/aromatic N) is 3. The second-order valence-electron chi connectivity index (χ2n) is 7.48. The summed E-state index contributed by atoms with van der Waals surface area (Å²) in [5.74, 6) is 1.94. The molecule has 1 unspecified atom stereocenters. The molecular formula is C21H28N4O3. The number of rotatable bonds is 4. The van der Waals surface area contributed by atoms with Crippen molar-refractivity contribution in [3.05, 3.63) is 36.3 Å². The van der Waals surface area contributed by atoms with Gasteiger partial charge < -0.3 is 19.4 Å². The minimum Gasteiger partial charge on any atom is -0.497 e. The van der Waals surface area contributed by atoms with Crippen molar-refractivity contribution < 1.29 is 14.3 Å². The van der Waals surface area contributed by atoms with Crippen molar-refractivity contribution in [3.8, 4) is 17.0 Å². The lowest BCUT2D eigenvalue weighted by molar-refractivity contribution is -0.131. The van der Waals surface area contributed by atoms with Gasteiger partial charge in [-0.3, -0.25) is 9.69 Å². The molecule has 7 heteroatoms. The Hall–Kier alpha value is -2.38. The zero-order chi connectivity index (χ0) is 19.5. The molecule has 0 radical (unpaired) electrons. The van der Waals surface area contributed by atoms with Gasteiger partial charge >= 0.3 is 0 Å². The third-order valence-electron chi connectivity index (χ3n) is 5.84. The van der Waals surface area contributed by atoms with E-state index in [1.165, 1.54) is 0 Å². The number of carbonyl (C=O) groups excluding carboxylic acids is 1. The quantitative estimate of drug-likeness (QED) is 0.877. The highest BCUT2D eigenvalue weighted by Gasteiger charge is 2.34. The van der Waals surface area contributed by atoms with E-state index < -0.39 is 0 Å². The molecule has 3 heterocycles. The first-order valence-electron chi connectivity index (χ1n) is 9.94. The molecule has 1 atom stereocenters. The number of morpholine rings is 1. The van der Waals surface area contributed by atoms with Crippen LogP contribution in [0.25, 0.3) is 11.3 Å². The zero-order valence-corrected chi connectivity index (χ0v) is 16.6. The molecular weight excluding hydrogens is 356 g/mol. The molecule has 0 saturated carbocycles. The molecule has 2 saturated heterocycles. The SMILES string of the molecule is COc1cccc(-c2cnc(C3COCCN3C3CCN(C(C)=O)CC3)[nH]2)c1. The van der Waals surface area contributed by atoms with E-state index in [-0.39, 0.29) is 11.9 Å². The molecule has 28 heavy (non-hydrogen) atoms. The zero-order valence-electron chi connectivity index (χ0n) is 16.6. The van der Waals surface area contributed by atoms with E-state index in [4.69, 9.17) is 9.47 Å². The molecule has 7 nitrogen and oxygen atoms in total. The smallest absolute Gasteiger partial charge is 0.219 e. The molecule has 0 aliphatic carbocycles. The molecule has 2 aliphatic heterocycles. The third kappa shape index (κ3) is 3.91. The van der Waals surface area contributed by atoms with E-state index in [2.05, 4.69) is 14.9 Å². The molecule has 2 aromatic rings. The summed E-state index contributed by atoms with van der Waals surface area (Å²) in [5.41, 5.74) is 2.03. The Morgan fingerprint density at radius 1 is 1.29 bits per heavy atom. The Morgan fingerprint density at radius 3 is 2.86 bits per heavy atom. The maximum absolute atomic E-state index is 11.6. The van der Waals surface area contributed by atoms with Crippen molar-refractivity contribution >= 4 is 5.91 Å². The van der Waals surface area contributed by atoms with Crippen molar-refractivity contribution in [2.24, 2.45) is 0 Å². The van der Waals surface area contributed by atoms with E-state index >= 15 is 0 Å². The first-order chi connectivity index (χ1) is 13.7. The summed E-state index contributed by atoms with van der Waals surface area (Å²) in [5, 5.41) is 0. The fourth-order valence-electron chi connectivity index (χ4n) is 4.25. The Morgan fingerprint density at radius 2 is 2.11 bits per heavy atom. The molecule has 0 bridgehead atoms. The Kier molecular flexibility index (Phi) is 5.64. The van der Waals surface area contributed by atoms with Crippen LogP contribution < -0.4 is 4.74 Å². The minimum atomic E-state index is 0.113. The Bertz CT molecular complexity index is 813. The highest BCUT2D eigenvalue weighted by molar-refractivity contribution is 5.73. The lowest BCUT2D eigenvalue weighted by Crippen LogP contribution is -2.51. The van der Waals surface area contributed by atoms with Crippen LogP contribution in [-0.2, 0) is 9.53 Å². The van der Waals surface area contributed by atoms with Crippen LogP contribution in [0.3, 0.4) is 0 Å². The fourth-order valence-corrected chi connectivity index (χ4v) is 4.25. The van der Waals surface area contributed by atoms with E-state index in [0.29, 0.717) is 12.6 Å². The van der Waals surface area contributed by atoms with Crippen LogP contribution in [-0.4, -0.2) is 71.7 Å². The monoisotopic (exact) mass is 384 g/mol. The van der Waals surface area contributed by atoms with Gasteiger partial charge in [0.1, 0.15) is 11.6 Å². The van der Waals surface area contributed by atoms with Crippen LogP contribution in [0.4, 0.5) is 0 Å². The maximum Gasteiger partial charge on any atom is 0.219 e. The van der Waals surface area contributed by atoms with Crippen molar-refractivity contribution in [1.29, 1.82) is 0 Å². The van der Waals surface area contributed by atoms with Crippen LogP contribution in [0.5, 0.6) is 5.75 Å². The van der Waals surface area contributed by atoms with Crippen molar-refractivity contribution in [1.82, 2.24) is 19.8 Å². The number of hydrogen-bond donors (Lipinski definition) is 1. The number of ether oxygens (including phenoxy) is 2. The van der Waals surface area contributed by atoms with Crippen molar-refractivity contribution in [3.63, 3.8) is 0 Å². The highest BCUT2D eigenvalue weighted by atomic mass is 16.5. The number of likely N-dealkylation sites (tertiary alicyclic amines) is 1. The first kappa shape index (κ1) is 19.0. The summed E-state index contributed by atoms with van der Waals surface area (Å²) in [6.07, 6.45) is 3.88. The van der Waals surface area contributed by atoms with Gasteiger partial charge in [-0.15, -0.1) is 0 Å². The van der Waals surface area contributed by atoms with Gasteiger partial charge in [-0.05, 0) is 25.0 Å². The van der Waals surface area contributed by atoms with Gasteiger partial charge in [0.15, 0.2) is 0 Å². The highest BCUT2D eigenvalue weighted by Crippen LogP contribution is 2.30. The maximum atomic E-state index is 11.6. The molecule has 1 N–H and O–H groups in total. The molecule has 150 valence electrons. The van der Waals surface area contributed by atoms with Crippen LogP contribution in [0.15, 0.2) is 30.5 Å². The number of carbonyl (C=O) groups is 1. The standard InChI is InChI=1S/C21H28N4O3/c1-15(26)24-8-6-17(7-9-24)25-10-11-28-14-20(25)21-22-13-19(23-21)16-4-3-5-18(12-16)27-2/h3-5,12-13,17,20H,6-11,14H2,1-2H3,(H,22,23). The van der Waals surface area contributed by atoms with Crippen LogP contribution in [0.2, 0.25) is 0 Å². The summed E-state index contributed by atoms with van der Waals surface area (Å²) in [6, 6.07) is 8.53. The minimum absolute atomic E-state index is 0.113. The van der Waals surface area contributed by atoms with Gasteiger partial charge in [0.25, 0.3) is 0 Å². The number of aromatic nitrogens is 2. The molecule has 2 fully saturated rings. The molecule has 0 spiro atoms. The van der Waals surface area contributed by atoms with Gasteiger partial charge in [0, 0.05) is 38.2 Å². The molecule has 2 aliphatic rings. The van der Waals surface area contributed by atoms with Crippen molar-refractivity contribution in [2.75, 3.05) is 40.0 Å². The van der Waals surface area contributed by atoms with E-state index in [1.807, 2.05) is 35.4 Å². The molecule has 1 amide bonds. The number of amides is 1. The molecule has 1 aromatic carbocycles. The van der Waals surface area contributed by atoms with Gasteiger partial charge in [0.05, 0.1) is 38.3 Å². The molecule has 1 aromatic heterocycles. The number of aromatic amines is 1. The summed E-state index contributed by atoms with van der Waals surface area (Å²) in [6.45, 7) is 5.59. The van der Waals surface area contributed by atoms with Gasteiger partial charge in [-0.25, -0.2) is 4.98 Å². The number of hydrogen-bond acceptors (Lipinski definition) is 5. The Labute approximate surface area is 165 Å². The fraction of sp³-hybridized carbons (Fsp3) is 0.524. The summed E-state index contributed by atoms with van der Waals surface area (Å²) >= 11 is 0. The normalized spacial score (nSPS) is 21.6. The van der Waals surface area contributed by atoms with Gasteiger partial charge in [-0.2, -0.15) is 0 Å². The average molecular weight is 384 g/mol. The predicted molar refractivity (Wildman–Crippen MR) is 106 cm³/mol. The summed E-state index contributed by atoms with van der Waals surface area (Å²) in [7, 11) is 1.67. The van der Waals surface area contributed by atoms with Gasteiger partial charge in [0.2, 0.25) is 5.91 Å². The number of methoxy groups -OCH3 is 1. The largest absolute Gasteiger partial charge is 0.497 e. The van der Waals surface area contributed by atoms with Crippen LogP contribution in [0.1, 0.15) is 31.6 Å². The third-order valence-corrected chi connectivity index (χ3v) is 5.84. The van der Waals surface area contributed by atoms with E-state index in [1.54, 1.807) is 14.0 Å². The number of benzene rings is 1. The number of imidazole rings is 1. The van der Waals surface area contributed by atoms with Crippen molar-refractivity contribution in [2.45, 2.75) is 31.8 Å². The van der Waals surface area contributed by atoms with Gasteiger partial charge in [-0.1, -0.05) is 12.1 Å². The first-order valence-corrected chi connectivity index (χ1v) is 9.94. The van der Waals surface area contributed by atoms with Crippen LogP contribution >= 0.6 is 0 Å². The second kappa shape index (κ2) is 8.32. The second-order valence-corrected chi connectivity index (χ2v) is 7.48. The molecule has 4 rings (SSSR count). The lowest BCUT2D eigenvalue weighted by atomic mass is 10.00. The average Bonchev–Trinajstić information content (AvgIpc) is 3.24. The topological polar surface area (TPSA) is 70.7 Å².